The predicted molar refractivity (Wildman–Crippen MR) is 48.2 cm³/mol. The van der Waals surface area contributed by atoms with Gasteiger partial charge in [0.2, 0.25) is 5.91 Å². The van der Waals surface area contributed by atoms with E-state index >= 15 is 0 Å². The van der Waals surface area contributed by atoms with Crippen molar-refractivity contribution in [2.45, 2.75) is 0 Å². The summed E-state index contributed by atoms with van der Waals surface area (Å²) in [7, 11) is 0. The van der Waals surface area contributed by atoms with Crippen LogP contribution in [0.15, 0.2) is 12.7 Å². The van der Waals surface area contributed by atoms with E-state index in [1.165, 1.54) is 11.8 Å². The van der Waals surface area contributed by atoms with Gasteiger partial charge in [0.05, 0.1) is 5.75 Å². The third-order valence-electron chi connectivity index (χ3n) is 0.906. The molecule has 2 N–H and O–H groups in total. The molecule has 4 nitrogen and oxygen atoms in total. The Kier molecular flexibility index (Phi) is 6.18. The monoisotopic (exact) mass is 189 g/mol. The van der Waals surface area contributed by atoms with Crippen LogP contribution in [0.25, 0.3) is 0 Å². The van der Waals surface area contributed by atoms with Crippen molar-refractivity contribution in [1.82, 2.24) is 5.32 Å². The van der Waals surface area contributed by atoms with E-state index in [-0.39, 0.29) is 18.2 Å². The molecule has 0 bridgehead atoms. The molecular formula is C7H11NO3S. The summed E-state index contributed by atoms with van der Waals surface area (Å²) in [6.07, 6.45) is 1.69. The van der Waals surface area contributed by atoms with Crippen molar-refractivity contribution in [2.75, 3.05) is 18.1 Å². The van der Waals surface area contributed by atoms with Gasteiger partial charge in [0, 0.05) is 5.75 Å². The van der Waals surface area contributed by atoms with Crippen LogP contribution < -0.4 is 5.32 Å². The maximum atomic E-state index is 10.8. The molecule has 0 unspecified atom stereocenters. The molecule has 0 aliphatic heterocycles. The Morgan fingerprint density at radius 1 is 1.58 bits per heavy atom. The van der Waals surface area contributed by atoms with E-state index in [1.54, 1.807) is 6.08 Å². The molecule has 0 aromatic heterocycles. The van der Waals surface area contributed by atoms with Gasteiger partial charge in [0.1, 0.15) is 6.54 Å². The number of aliphatic carboxylic acids is 1. The van der Waals surface area contributed by atoms with Crippen LogP contribution in [0.4, 0.5) is 0 Å². The van der Waals surface area contributed by atoms with Crippen LogP contribution in [-0.4, -0.2) is 35.0 Å². The first-order valence-corrected chi connectivity index (χ1v) is 4.49. The van der Waals surface area contributed by atoms with Gasteiger partial charge >= 0.3 is 5.97 Å². The lowest BCUT2D eigenvalue weighted by atomic mass is 10.6. The SMILES string of the molecule is C=CCSCC(=O)NCC(=O)O. The van der Waals surface area contributed by atoms with Gasteiger partial charge in [-0.1, -0.05) is 6.08 Å². The van der Waals surface area contributed by atoms with Crippen LogP contribution in [0.1, 0.15) is 0 Å². The molecule has 5 heteroatoms. The molecule has 0 radical (unpaired) electrons. The zero-order valence-corrected chi connectivity index (χ0v) is 7.39. The first-order chi connectivity index (χ1) is 5.66. The van der Waals surface area contributed by atoms with Crippen LogP contribution in [0.5, 0.6) is 0 Å². The highest BCUT2D eigenvalue weighted by molar-refractivity contribution is 8.00. The summed E-state index contributed by atoms with van der Waals surface area (Å²) < 4.78 is 0. The number of carboxylic acids is 1. The quantitative estimate of drug-likeness (QED) is 0.459. The molecule has 0 aliphatic rings. The molecule has 0 heterocycles. The highest BCUT2D eigenvalue weighted by Crippen LogP contribution is 1.97. The number of carboxylic acid groups (broad SMARTS) is 1. The minimum Gasteiger partial charge on any atom is -0.480 e. The number of hydrogen-bond donors (Lipinski definition) is 2. The van der Waals surface area contributed by atoms with Gasteiger partial charge < -0.3 is 10.4 Å². The van der Waals surface area contributed by atoms with E-state index < -0.39 is 5.97 Å². The van der Waals surface area contributed by atoms with E-state index in [0.717, 1.165) is 0 Å². The van der Waals surface area contributed by atoms with Crippen molar-refractivity contribution in [2.24, 2.45) is 0 Å². The molecule has 0 saturated carbocycles. The molecule has 68 valence electrons. The second-order valence-corrected chi connectivity index (χ2v) is 3.00. The van der Waals surface area contributed by atoms with E-state index in [1.807, 2.05) is 0 Å². The molecule has 0 atom stereocenters. The van der Waals surface area contributed by atoms with Crippen LogP contribution in [-0.2, 0) is 9.59 Å². The Hall–Kier alpha value is -0.970. The minimum atomic E-state index is -1.03. The van der Waals surface area contributed by atoms with Gasteiger partial charge in [-0.05, 0) is 0 Å². The van der Waals surface area contributed by atoms with Gasteiger partial charge in [0.25, 0.3) is 0 Å². The van der Waals surface area contributed by atoms with Crippen molar-refractivity contribution >= 4 is 23.6 Å². The number of rotatable bonds is 6. The fourth-order valence-corrected chi connectivity index (χ4v) is 1.03. The Balaban J connectivity index is 3.33. The van der Waals surface area contributed by atoms with Crippen molar-refractivity contribution in [3.63, 3.8) is 0 Å². The first-order valence-electron chi connectivity index (χ1n) is 3.34. The lowest BCUT2D eigenvalue weighted by molar-refractivity contribution is -0.137. The van der Waals surface area contributed by atoms with Crippen LogP contribution in [0, 0.1) is 0 Å². The largest absolute Gasteiger partial charge is 0.480 e. The van der Waals surface area contributed by atoms with E-state index in [0.29, 0.717) is 5.75 Å². The topological polar surface area (TPSA) is 66.4 Å². The predicted octanol–water partition coefficient (Wildman–Crippen LogP) is 0.106. The zero-order chi connectivity index (χ0) is 9.40. The summed E-state index contributed by atoms with van der Waals surface area (Å²) in [6.45, 7) is 3.17. The fourth-order valence-electron chi connectivity index (χ4n) is 0.460. The molecule has 0 aromatic rings. The van der Waals surface area contributed by atoms with E-state index in [9.17, 15) is 9.59 Å². The fraction of sp³-hybridized carbons (Fsp3) is 0.429. The smallest absolute Gasteiger partial charge is 0.322 e. The number of hydrogen-bond acceptors (Lipinski definition) is 3. The summed E-state index contributed by atoms with van der Waals surface area (Å²) in [4.78, 5) is 20.8. The molecule has 0 spiro atoms. The summed E-state index contributed by atoms with van der Waals surface area (Å²) >= 11 is 1.39. The van der Waals surface area contributed by atoms with Crippen molar-refractivity contribution < 1.29 is 14.7 Å². The second-order valence-electron chi connectivity index (χ2n) is 1.97. The first kappa shape index (κ1) is 11.0. The van der Waals surface area contributed by atoms with Gasteiger partial charge in [-0.3, -0.25) is 9.59 Å². The maximum absolute atomic E-state index is 10.8. The van der Waals surface area contributed by atoms with Gasteiger partial charge in [-0.2, -0.15) is 0 Å². The lowest BCUT2D eigenvalue weighted by Crippen LogP contribution is -2.30. The molecule has 0 aromatic carbocycles. The maximum Gasteiger partial charge on any atom is 0.322 e. The molecule has 0 saturated heterocycles. The average Bonchev–Trinajstić information content (AvgIpc) is 2.01. The molecule has 1 amide bonds. The molecule has 0 rings (SSSR count). The van der Waals surface area contributed by atoms with Crippen LogP contribution in [0.2, 0.25) is 0 Å². The Labute approximate surface area is 75.0 Å². The third kappa shape index (κ3) is 7.14. The highest BCUT2D eigenvalue weighted by atomic mass is 32.2. The van der Waals surface area contributed by atoms with Crippen molar-refractivity contribution in [1.29, 1.82) is 0 Å². The Morgan fingerprint density at radius 2 is 2.25 bits per heavy atom. The second kappa shape index (κ2) is 6.72. The third-order valence-corrected chi connectivity index (χ3v) is 1.84. The molecule has 0 aliphatic carbocycles. The summed E-state index contributed by atoms with van der Waals surface area (Å²) in [5, 5.41) is 10.4. The number of carbonyl (C=O) groups excluding carboxylic acids is 1. The highest BCUT2D eigenvalue weighted by Gasteiger charge is 2.02. The average molecular weight is 189 g/mol. The number of carbonyl (C=O) groups is 2. The van der Waals surface area contributed by atoms with Crippen molar-refractivity contribution in [3.05, 3.63) is 12.7 Å². The van der Waals surface area contributed by atoms with Crippen molar-refractivity contribution in [3.8, 4) is 0 Å². The van der Waals surface area contributed by atoms with Crippen LogP contribution >= 0.6 is 11.8 Å². The van der Waals surface area contributed by atoms with Gasteiger partial charge in [-0.25, -0.2) is 0 Å². The van der Waals surface area contributed by atoms with Crippen LogP contribution in [0.3, 0.4) is 0 Å². The Morgan fingerprint density at radius 3 is 2.75 bits per heavy atom. The zero-order valence-electron chi connectivity index (χ0n) is 6.58. The summed E-state index contributed by atoms with van der Waals surface area (Å²) in [5.74, 6) is -0.318. The van der Waals surface area contributed by atoms with Gasteiger partial charge in [-0.15, -0.1) is 18.3 Å². The molecule has 0 fully saturated rings. The number of thioether (sulfide) groups is 1. The van der Waals surface area contributed by atoms with E-state index in [4.69, 9.17) is 5.11 Å². The number of amides is 1. The number of nitrogens with one attached hydrogen (secondary N) is 1. The lowest BCUT2D eigenvalue weighted by Gasteiger charge is -1.99. The van der Waals surface area contributed by atoms with Gasteiger partial charge in [0.15, 0.2) is 0 Å². The summed E-state index contributed by atoms with van der Waals surface area (Å²) in [5.41, 5.74) is 0. The van der Waals surface area contributed by atoms with E-state index in [2.05, 4.69) is 11.9 Å². The standard InChI is InChI=1S/C7H11NO3S/c1-2-3-12-5-6(9)8-4-7(10)11/h2H,1,3-5H2,(H,8,9)(H,10,11). The molecular weight excluding hydrogens is 178 g/mol. The minimum absolute atomic E-state index is 0.260. The normalized spacial score (nSPS) is 9.00. The summed E-state index contributed by atoms with van der Waals surface area (Å²) in [6, 6.07) is 0. The Bertz CT molecular complexity index is 181. The molecule has 12 heavy (non-hydrogen) atoms.